The van der Waals surface area contributed by atoms with E-state index in [1.165, 1.54) is 10.4 Å². The van der Waals surface area contributed by atoms with Gasteiger partial charge in [0.05, 0.1) is 6.54 Å². The van der Waals surface area contributed by atoms with Crippen molar-refractivity contribution in [3.8, 4) is 0 Å². The number of hydrogen-bond donors (Lipinski definition) is 2. The number of nitrogens with one attached hydrogen (secondary N) is 2. The van der Waals surface area contributed by atoms with Crippen LogP contribution in [0.25, 0.3) is 0 Å². The minimum absolute atomic E-state index is 0.234. The average molecular weight is 315 g/mol. The molecular formula is C16H17N3O2S. The lowest BCUT2D eigenvalue weighted by atomic mass is 10.1. The number of para-hydroxylation sites is 1. The van der Waals surface area contributed by atoms with Crippen molar-refractivity contribution in [2.45, 2.75) is 13.0 Å². The monoisotopic (exact) mass is 315 g/mol. The molecule has 0 radical (unpaired) electrons. The van der Waals surface area contributed by atoms with Gasteiger partial charge in [0.1, 0.15) is 0 Å². The first-order valence-electron chi connectivity index (χ1n) is 7.14. The number of benzene rings is 1. The molecule has 0 atom stereocenters. The van der Waals surface area contributed by atoms with E-state index < -0.39 is 6.03 Å². The average Bonchev–Trinajstić information content (AvgIpc) is 2.95. The Morgan fingerprint density at radius 2 is 2.00 bits per heavy atom. The third kappa shape index (κ3) is 3.72. The number of nitrogens with zero attached hydrogens (tertiary/aromatic N) is 1. The zero-order valence-corrected chi connectivity index (χ0v) is 12.9. The van der Waals surface area contributed by atoms with Crippen molar-refractivity contribution in [3.63, 3.8) is 0 Å². The van der Waals surface area contributed by atoms with Gasteiger partial charge in [-0.05, 0) is 35.6 Å². The van der Waals surface area contributed by atoms with Crippen LogP contribution in [0, 0.1) is 0 Å². The number of anilines is 1. The van der Waals surface area contributed by atoms with E-state index in [0.717, 1.165) is 19.5 Å². The second kappa shape index (κ2) is 6.72. The molecule has 1 aliphatic heterocycles. The van der Waals surface area contributed by atoms with Crippen LogP contribution in [0.1, 0.15) is 10.4 Å². The molecule has 1 aliphatic rings. The van der Waals surface area contributed by atoms with Crippen molar-refractivity contribution in [1.29, 1.82) is 0 Å². The molecule has 2 heterocycles. The molecule has 5 nitrogen and oxygen atoms in total. The zero-order valence-electron chi connectivity index (χ0n) is 12.0. The van der Waals surface area contributed by atoms with Crippen LogP contribution in [0.4, 0.5) is 10.5 Å². The van der Waals surface area contributed by atoms with Gasteiger partial charge < -0.3 is 5.32 Å². The van der Waals surface area contributed by atoms with E-state index in [9.17, 15) is 9.59 Å². The Morgan fingerprint density at radius 3 is 2.82 bits per heavy atom. The fourth-order valence-corrected chi connectivity index (χ4v) is 3.38. The van der Waals surface area contributed by atoms with E-state index in [2.05, 4.69) is 27.0 Å². The molecule has 0 spiro atoms. The SMILES string of the molecule is O=C(CN1CCc2sccc2C1)NC(=O)Nc1ccccc1. The number of carbonyl (C=O) groups is 2. The van der Waals surface area contributed by atoms with Gasteiger partial charge in [-0.3, -0.25) is 15.0 Å². The van der Waals surface area contributed by atoms with E-state index in [4.69, 9.17) is 0 Å². The number of fused-ring (bicyclic) bond motifs is 1. The summed E-state index contributed by atoms with van der Waals surface area (Å²) in [6.45, 7) is 1.85. The van der Waals surface area contributed by atoms with Gasteiger partial charge in [0.2, 0.25) is 5.91 Å². The van der Waals surface area contributed by atoms with E-state index in [-0.39, 0.29) is 12.5 Å². The van der Waals surface area contributed by atoms with Crippen LogP contribution in [-0.4, -0.2) is 29.9 Å². The third-order valence-corrected chi connectivity index (χ3v) is 4.56. The minimum atomic E-state index is -0.496. The molecule has 0 aliphatic carbocycles. The Labute approximate surface area is 132 Å². The molecule has 0 unspecified atom stereocenters. The molecule has 1 aromatic carbocycles. The molecule has 0 saturated carbocycles. The molecule has 114 valence electrons. The lowest BCUT2D eigenvalue weighted by Crippen LogP contribution is -2.43. The maximum Gasteiger partial charge on any atom is 0.325 e. The van der Waals surface area contributed by atoms with Gasteiger partial charge in [0.25, 0.3) is 0 Å². The van der Waals surface area contributed by atoms with Crippen molar-refractivity contribution >= 4 is 29.0 Å². The highest BCUT2D eigenvalue weighted by Gasteiger charge is 2.20. The summed E-state index contributed by atoms with van der Waals surface area (Å²) in [6.07, 6.45) is 0.969. The molecule has 0 bridgehead atoms. The molecule has 6 heteroatoms. The minimum Gasteiger partial charge on any atom is -0.308 e. The van der Waals surface area contributed by atoms with Gasteiger partial charge >= 0.3 is 6.03 Å². The molecular weight excluding hydrogens is 298 g/mol. The summed E-state index contributed by atoms with van der Waals surface area (Å²) in [5, 5.41) is 7.08. The lowest BCUT2D eigenvalue weighted by molar-refractivity contribution is -0.121. The Morgan fingerprint density at radius 1 is 1.18 bits per heavy atom. The maximum atomic E-state index is 12.0. The highest BCUT2D eigenvalue weighted by atomic mass is 32.1. The van der Waals surface area contributed by atoms with Gasteiger partial charge in [0.15, 0.2) is 0 Å². The third-order valence-electron chi connectivity index (χ3n) is 3.54. The topological polar surface area (TPSA) is 61.4 Å². The standard InChI is InChI=1S/C16H17N3O2S/c20-15(18-16(21)17-13-4-2-1-3-5-13)11-19-8-6-14-12(10-19)7-9-22-14/h1-5,7,9H,6,8,10-11H2,(H2,17,18,20,21). The number of urea groups is 1. The van der Waals surface area contributed by atoms with Crippen molar-refractivity contribution in [3.05, 3.63) is 52.2 Å². The van der Waals surface area contributed by atoms with Crippen molar-refractivity contribution in [1.82, 2.24) is 10.2 Å². The predicted molar refractivity (Wildman–Crippen MR) is 86.9 cm³/mol. The largest absolute Gasteiger partial charge is 0.325 e. The second-order valence-electron chi connectivity index (χ2n) is 5.20. The van der Waals surface area contributed by atoms with Gasteiger partial charge in [-0.1, -0.05) is 18.2 Å². The summed E-state index contributed by atoms with van der Waals surface area (Å²) in [5.41, 5.74) is 1.95. The van der Waals surface area contributed by atoms with Crippen molar-refractivity contribution in [2.24, 2.45) is 0 Å². The number of carbonyl (C=O) groups excluding carboxylic acids is 2. The van der Waals surface area contributed by atoms with Gasteiger partial charge in [-0.25, -0.2) is 4.79 Å². The summed E-state index contributed by atoms with van der Waals surface area (Å²) >= 11 is 1.77. The van der Waals surface area contributed by atoms with E-state index in [0.29, 0.717) is 5.69 Å². The zero-order chi connectivity index (χ0) is 15.4. The first-order valence-corrected chi connectivity index (χ1v) is 8.02. The molecule has 22 heavy (non-hydrogen) atoms. The van der Waals surface area contributed by atoms with Crippen LogP contribution in [0.5, 0.6) is 0 Å². The van der Waals surface area contributed by atoms with E-state index in [1.807, 2.05) is 18.2 Å². The lowest BCUT2D eigenvalue weighted by Gasteiger charge is -2.25. The molecule has 0 saturated heterocycles. The van der Waals surface area contributed by atoms with Crippen LogP contribution >= 0.6 is 11.3 Å². The van der Waals surface area contributed by atoms with Crippen molar-refractivity contribution in [2.75, 3.05) is 18.4 Å². The Kier molecular flexibility index (Phi) is 4.50. The van der Waals surface area contributed by atoms with E-state index >= 15 is 0 Å². The summed E-state index contributed by atoms with van der Waals surface area (Å²) in [7, 11) is 0. The summed E-state index contributed by atoms with van der Waals surface area (Å²) < 4.78 is 0. The molecule has 3 amide bonds. The predicted octanol–water partition coefficient (Wildman–Crippen LogP) is 2.45. The van der Waals surface area contributed by atoms with Gasteiger partial charge in [0, 0.05) is 23.7 Å². The molecule has 0 fully saturated rings. The maximum absolute atomic E-state index is 12.0. The molecule has 3 rings (SSSR count). The Bertz CT molecular complexity index is 669. The van der Waals surface area contributed by atoms with Crippen LogP contribution in [-0.2, 0) is 17.8 Å². The highest BCUT2D eigenvalue weighted by molar-refractivity contribution is 7.10. The van der Waals surface area contributed by atoms with Crippen LogP contribution in [0.15, 0.2) is 41.8 Å². The normalized spacial score (nSPS) is 14.2. The number of amides is 3. The smallest absolute Gasteiger partial charge is 0.308 e. The highest BCUT2D eigenvalue weighted by Crippen LogP contribution is 2.23. The summed E-state index contributed by atoms with van der Waals surface area (Å²) in [5.74, 6) is -0.285. The first-order chi connectivity index (χ1) is 10.7. The van der Waals surface area contributed by atoms with Crippen LogP contribution in [0.2, 0.25) is 0 Å². The quantitative estimate of drug-likeness (QED) is 0.914. The van der Waals surface area contributed by atoms with Gasteiger partial charge in [-0.2, -0.15) is 0 Å². The Hall–Kier alpha value is -2.18. The van der Waals surface area contributed by atoms with Crippen LogP contribution < -0.4 is 10.6 Å². The van der Waals surface area contributed by atoms with E-state index in [1.54, 1.807) is 23.5 Å². The number of rotatable bonds is 3. The number of thiophene rings is 1. The number of imide groups is 1. The first kappa shape index (κ1) is 14.7. The van der Waals surface area contributed by atoms with Crippen LogP contribution in [0.3, 0.4) is 0 Å². The Balaban J connectivity index is 1.48. The number of hydrogen-bond acceptors (Lipinski definition) is 4. The van der Waals surface area contributed by atoms with Gasteiger partial charge in [-0.15, -0.1) is 11.3 Å². The second-order valence-corrected chi connectivity index (χ2v) is 6.20. The summed E-state index contributed by atoms with van der Waals surface area (Å²) in [4.78, 5) is 27.2. The van der Waals surface area contributed by atoms with Crippen molar-refractivity contribution < 1.29 is 9.59 Å². The molecule has 2 aromatic rings. The summed E-state index contributed by atoms with van der Waals surface area (Å²) in [6, 6.07) is 10.7. The fourth-order valence-electron chi connectivity index (χ4n) is 2.49. The molecule has 2 N–H and O–H groups in total. The molecule has 1 aromatic heterocycles. The fraction of sp³-hybridized carbons (Fsp3) is 0.250.